The average Bonchev–Trinajstić information content (AvgIpc) is 3.36. The van der Waals surface area contributed by atoms with Crippen LogP contribution in [0.4, 0.5) is 15.3 Å². The highest BCUT2D eigenvalue weighted by molar-refractivity contribution is 5.94. The summed E-state index contributed by atoms with van der Waals surface area (Å²) in [5.74, 6) is -2.88. The van der Waals surface area contributed by atoms with Crippen molar-refractivity contribution in [3.63, 3.8) is 0 Å². The first kappa shape index (κ1) is 36.3. The Morgan fingerprint density at radius 3 is 2.14 bits per heavy atom. The highest BCUT2D eigenvalue weighted by atomic mass is 16.8. The van der Waals surface area contributed by atoms with Crippen LogP contribution in [0.5, 0.6) is 0 Å². The van der Waals surface area contributed by atoms with Crippen LogP contribution >= 0.6 is 0 Å². The standard InChI is InChI=1S/C34H39N5O10/c1-34(2,3)49-30(42)28(24-15-8-9-17-27(24)39(45)46)48-33(44)38-31(35)36-18-10-16-26(29(40)41)37-32(43)47-19-25-22-13-6-4-11-20(22)21-12-5-7-14-23(21)25/h4-9,11-15,17,25-26,28,39,45H,10,16,18-19H2,1-3H3,(H,37,43)(H,40,41)(H3,35,36,38,44)/t26-,28?/m0/s1. The minimum absolute atomic E-state index is 0.0193. The summed E-state index contributed by atoms with van der Waals surface area (Å²) < 4.78 is 16.0. The van der Waals surface area contributed by atoms with Gasteiger partial charge in [-0.25, -0.2) is 24.4 Å². The number of aliphatic carboxylic acids is 1. The van der Waals surface area contributed by atoms with Crippen LogP contribution in [-0.4, -0.2) is 65.2 Å². The van der Waals surface area contributed by atoms with Gasteiger partial charge in [-0.1, -0.05) is 60.7 Å². The highest BCUT2D eigenvalue weighted by Gasteiger charge is 2.34. The van der Waals surface area contributed by atoms with E-state index in [1.807, 2.05) is 48.5 Å². The van der Waals surface area contributed by atoms with Crippen LogP contribution in [0.2, 0.25) is 0 Å². The number of guanidine groups is 1. The number of quaternary nitrogens is 1. The van der Waals surface area contributed by atoms with E-state index >= 15 is 0 Å². The van der Waals surface area contributed by atoms with Gasteiger partial charge in [-0.15, -0.1) is 0 Å². The molecule has 0 aromatic heterocycles. The Labute approximate surface area is 282 Å². The predicted octanol–water partition coefficient (Wildman–Crippen LogP) is 3.29. The number of alkyl carbamates (subject to hydrolysis) is 2. The van der Waals surface area contributed by atoms with E-state index in [0.29, 0.717) is 0 Å². The van der Waals surface area contributed by atoms with Crippen molar-refractivity contribution in [2.75, 3.05) is 13.2 Å². The summed E-state index contributed by atoms with van der Waals surface area (Å²) in [6, 6.07) is 19.9. The molecule has 4 rings (SSSR count). The zero-order valence-electron chi connectivity index (χ0n) is 27.2. The maximum absolute atomic E-state index is 12.9. The molecule has 0 saturated carbocycles. The van der Waals surface area contributed by atoms with Crippen LogP contribution in [0.25, 0.3) is 11.1 Å². The summed E-state index contributed by atoms with van der Waals surface area (Å²) in [5.41, 5.74) is 8.59. The molecule has 3 aromatic rings. The Balaban J connectivity index is 1.29. The van der Waals surface area contributed by atoms with Gasteiger partial charge in [-0.3, -0.25) is 10.3 Å². The SMILES string of the molecule is CC(C)(C)OC(=O)C(OC(=O)NC(N)=NCCC[C@H](NC(=O)OCC1c2ccccc2-c2ccccc21)C(=O)O)c1ccccc1[NH+]([O-])O. The zero-order valence-corrected chi connectivity index (χ0v) is 27.2. The lowest BCUT2D eigenvalue weighted by Crippen LogP contribution is -2.99. The molecule has 3 aromatic carbocycles. The number of aliphatic imine (C=N–C) groups is 1. The summed E-state index contributed by atoms with van der Waals surface area (Å²) in [7, 11) is 0. The molecule has 0 aliphatic heterocycles. The molecule has 0 fully saturated rings. The maximum Gasteiger partial charge on any atom is 0.415 e. The van der Waals surface area contributed by atoms with Gasteiger partial charge in [0.05, 0.1) is 5.56 Å². The number of esters is 1. The minimum Gasteiger partial charge on any atom is -0.595 e. The average molecular weight is 678 g/mol. The number of carbonyl (C=O) groups excluding carboxylic acids is 3. The molecule has 0 saturated heterocycles. The fraction of sp³-hybridized carbons (Fsp3) is 0.324. The van der Waals surface area contributed by atoms with E-state index < -0.39 is 53.1 Å². The Kier molecular flexibility index (Phi) is 11.9. The third kappa shape index (κ3) is 9.76. The van der Waals surface area contributed by atoms with Gasteiger partial charge in [0.15, 0.2) is 11.6 Å². The van der Waals surface area contributed by atoms with Crippen molar-refractivity contribution >= 4 is 35.8 Å². The van der Waals surface area contributed by atoms with Gasteiger partial charge < -0.3 is 35.6 Å². The van der Waals surface area contributed by atoms with Crippen LogP contribution in [0.1, 0.15) is 62.3 Å². The van der Waals surface area contributed by atoms with E-state index in [-0.39, 0.29) is 43.2 Å². The Morgan fingerprint density at radius 2 is 1.55 bits per heavy atom. The van der Waals surface area contributed by atoms with Gasteiger partial charge in [-0.2, -0.15) is 5.23 Å². The fourth-order valence-electron chi connectivity index (χ4n) is 5.33. The molecule has 7 N–H and O–H groups in total. The topological polar surface area (TPSA) is 226 Å². The largest absolute Gasteiger partial charge is 0.595 e. The molecule has 2 amide bonds. The van der Waals surface area contributed by atoms with E-state index in [2.05, 4.69) is 15.6 Å². The van der Waals surface area contributed by atoms with Crippen LogP contribution in [0.15, 0.2) is 77.8 Å². The number of carbonyl (C=O) groups is 4. The molecule has 0 radical (unpaired) electrons. The smallest absolute Gasteiger partial charge is 0.415 e. The Hall–Kier alpha value is -5.51. The highest BCUT2D eigenvalue weighted by Crippen LogP contribution is 2.44. The summed E-state index contributed by atoms with van der Waals surface area (Å²) in [4.78, 5) is 54.0. The number of hydrogen-bond donors (Lipinski definition) is 6. The summed E-state index contributed by atoms with van der Waals surface area (Å²) in [5, 5.41) is 34.2. The molecular weight excluding hydrogens is 638 g/mol. The number of benzene rings is 3. The number of fused-ring (bicyclic) bond motifs is 3. The summed E-state index contributed by atoms with van der Waals surface area (Å²) >= 11 is 0. The van der Waals surface area contributed by atoms with Crippen molar-refractivity contribution in [2.24, 2.45) is 10.7 Å². The Bertz CT molecular complexity index is 1660. The quantitative estimate of drug-likeness (QED) is 0.0407. The molecular formula is C34H39N5O10. The van der Waals surface area contributed by atoms with E-state index in [4.69, 9.17) is 19.9 Å². The molecule has 1 aliphatic carbocycles. The van der Waals surface area contributed by atoms with Crippen molar-refractivity contribution in [1.82, 2.24) is 10.6 Å². The van der Waals surface area contributed by atoms with E-state index in [1.54, 1.807) is 20.8 Å². The third-order valence-electron chi connectivity index (χ3n) is 7.42. The van der Waals surface area contributed by atoms with Gasteiger partial charge >= 0.3 is 24.1 Å². The van der Waals surface area contributed by atoms with Gasteiger partial charge in [0.2, 0.25) is 6.10 Å². The fourth-order valence-corrected chi connectivity index (χ4v) is 5.33. The Morgan fingerprint density at radius 1 is 0.959 bits per heavy atom. The van der Waals surface area contributed by atoms with Crippen LogP contribution in [0.3, 0.4) is 0 Å². The molecule has 49 heavy (non-hydrogen) atoms. The van der Waals surface area contributed by atoms with Crippen LogP contribution in [-0.2, 0) is 23.8 Å². The number of nitrogens with zero attached hydrogens (tertiary/aromatic N) is 1. The number of carboxylic acid groups (broad SMARTS) is 1. The van der Waals surface area contributed by atoms with Gasteiger partial charge in [-0.05, 0) is 61.9 Å². The number of rotatable bonds is 12. The third-order valence-corrected chi connectivity index (χ3v) is 7.42. The first-order valence-corrected chi connectivity index (χ1v) is 15.4. The second-order valence-electron chi connectivity index (χ2n) is 12.1. The van der Waals surface area contributed by atoms with Crippen molar-refractivity contribution in [2.45, 2.75) is 57.3 Å². The van der Waals surface area contributed by atoms with Crippen LogP contribution < -0.4 is 21.6 Å². The number of nitrogens with two attached hydrogens (primary N) is 1. The molecule has 0 bridgehead atoms. The van der Waals surface area contributed by atoms with Gasteiger partial charge in [0.25, 0.3) is 0 Å². The van der Waals surface area contributed by atoms with Gasteiger partial charge in [0, 0.05) is 18.5 Å². The maximum atomic E-state index is 12.9. The van der Waals surface area contributed by atoms with Crippen molar-refractivity contribution in [3.05, 3.63) is 94.7 Å². The van der Waals surface area contributed by atoms with Gasteiger partial charge in [0.1, 0.15) is 18.2 Å². The number of carboxylic acids is 1. The zero-order chi connectivity index (χ0) is 35.7. The van der Waals surface area contributed by atoms with Crippen molar-refractivity contribution < 1.29 is 48.9 Å². The minimum atomic E-state index is -1.74. The first-order valence-electron chi connectivity index (χ1n) is 15.4. The molecule has 3 atom stereocenters. The van der Waals surface area contributed by atoms with Crippen molar-refractivity contribution in [3.8, 4) is 11.1 Å². The first-order chi connectivity index (χ1) is 23.2. The van der Waals surface area contributed by atoms with E-state index in [1.165, 1.54) is 24.3 Å². The molecule has 0 heterocycles. The van der Waals surface area contributed by atoms with E-state index in [0.717, 1.165) is 22.3 Å². The molecule has 260 valence electrons. The molecule has 2 unspecified atom stereocenters. The van der Waals surface area contributed by atoms with E-state index in [9.17, 15) is 34.7 Å². The molecule has 0 spiro atoms. The second kappa shape index (κ2) is 16.1. The summed E-state index contributed by atoms with van der Waals surface area (Å²) in [6.07, 6.45) is -3.72. The number of para-hydroxylation sites is 1. The lowest BCUT2D eigenvalue weighted by Gasteiger charge is -2.25. The lowest BCUT2D eigenvalue weighted by molar-refractivity contribution is -0.991. The predicted molar refractivity (Wildman–Crippen MR) is 176 cm³/mol. The normalized spacial score (nSPS) is 14.4. The number of ether oxygens (including phenoxy) is 3. The molecule has 15 heteroatoms. The molecule has 15 nitrogen and oxygen atoms in total. The monoisotopic (exact) mass is 677 g/mol. The second-order valence-corrected chi connectivity index (χ2v) is 12.1. The lowest BCUT2D eigenvalue weighted by atomic mass is 9.98. The van der Waals surface area contributed by atoms with Crippen LogP contribution in [0, 0.1) is 5.21 Å². The number of amides is 2. The summed E-state index contributed by atoms with van der Waals surface area (Å²) in [6.45, 7) is 4.76. The molecule has 1 aliphatic rings. The van der Waals surface area contributed by atoms with Crippen molar-refractivity contribution in [1.29, 1.82) is 0 Å². The number of nitrogens with one attached hydrogen (secondary N) is 3. The number of hydrogen-bond acceptors (Lipinski definition) is 10.